The molecule has 6 nitrogen and oxygen atoms in total. The molecule has 0 radical (unpaired) electrons. The fourth-order valence-electron chi connectivity index (χ4n) is 2.64. The third-order valence-corrected chi connectivity index (χ3v) is 4.19. The molecule has 2 N–H and O–H groups in total. The molecular weight excluding hydrogens is 342 g/mol. The Balaban J connectivity index is 1.50. The van der Waals surface area contributed by atoms with Gasteiger partial charge in [0.2, 0.25) is 5.89 Å². The smallest absolute Gasteiger partial charge is 0.315 e. The Labute approximate surface area is 158 Å². The van der Waals surface area contributed by atoms with Crippen molar-refractivity contribution in [2.24, 2.45) is 0 Å². The molecule has 2 aromatic carbocycles. The van der Waals surface area contributed by atoms with Crippen molar-refractivity contribution < 1.29 is 13.9 Å². The van der Waals surface area contributed by atoms with Gasteiger partial charge in [-0.15, -0.1) is 0 Å². The SMILES string of the molecule is COc1ccc(-c2nc(CNC(=O)NCCc3ccccc3)c(C)o2)cc1. The number of carbonyl (C=O) groups excluding carboxylic acids is 1. The average Bonchev–Trinajstić information content (AvgIpc) is 3.08. The van der Waals surface area contributed by atoms with Gasteiger partial charge in [-0.3, -0.25) is 0 Å². The summed E-state index contributed by atoms with van der Waals surface area (Å²) in [6.45, 7) is 2.72. The summed E-state index contributed by atoms with van der Waals surface area (Å²) >= 11 is 0. The molecule has 0 saturated heterocycles. The van der Waals surface area contributed by atoms with Gasteiger partial charge >= 0.3 is 6.03 Å². The lowest BCUT2D eigenvalue weighted by atomic mass is 10.1. The fourth-order valence-corrected chi connectivity index (χ4v) is 2.64. The lowest BCUT2D eigenvalue weighted by Crippen LogP contribution is -2.36. The lowest BCUT2D eigenvalue weighted by Gasteiger charge is -2.06. The number of benzene rings is 2. The summed E-state index contributed by atoms with van der Waals surface area (Å²) < 4.78 is 10.9. The minimum atomic E-state index is -0.223. The van der Waals surface area contributed by atoms with Crippen LogP contribution in [0.25, 0.3) is 11.5 Å². The third kappa shape index (κ3) is 5.10. The topological polar surface area (TPSA) is 76.4 Å². The number of aromatic nitrogens is 1. The number of rotatable bonds is 7. The molecule has 0 aliphatic carbocycles. The van der Waals surface area contributed by atoms with Crippen molar-refractivity contribution >= 4 is 6.03 Å². The molecule has 0 aliphatic rings. The van der Waals surface area contributed by atoms with Gasteiger partial charge in [-0.05, 0) is 43.2 Å². The van der Waals surface area contributed by atoms with Crippen molar-refractivity contribution in [3.63, 3.8) is 0 Å². The minimum Gasteiger partial charge on any atom is -0.497 e. The van der Waals surface area contributed by atoms with Crippen LogP contribution in [0.2, 0.25) is 0 Å². The number of oxazole rings is 1. The van der Waals surface area contributed by atoms with E-state index in [1.807, 2.05) is 61.5 Å². The number of nitrogens with zero attached hydrogens (tertiary/aromatic N) is 1. The van der Waals surface area contributed by atoms with Crippen LogP contribution in [-0.4, -0.2) is 24.7 Å². The quantitative estimate of drug-likeness (QED) is 0.669. The first-order chi connectivity index (χ1) is 13.2. The molecule has 1 aromatic heterocycles. The van der Waals surface area contributed by atoms with E-state index < -0.39 is 0 Å². The standard InChI is InChI=1S/C21H23N3O3/c1-15-19(24-20(27-15)17-8-10-18(26-2)11-9-17)14-23-21(25)22-13-12-16-6-4-3-5-7-16/h3-11H,12-14H2,1-2H3,(H2,22,23,25). The maximum absolute atomic E-state index is 12.0. The molecule has 0 saturated carbocycles. The molecule has 0 aliphatic heterocycles. The van der Waals surface area contributed by atoms with Crippen LogP contribution < -0.4 is 15.4 Å². The van der Waals surface area contributed by atoms with Crippen molar-refractivity contribution in [2.75, 3.05) is 13.7 Å². The molecule has 0 unspecified atom stereocenters. The highest BCUT2D eigenvalue weighted by atomic mass is 16.5. The Hall–Kier alpha value is -3.28. The van der Waals surface area contributed by atoms with E-state index in [1.54, 1.807) is 7.11 Å². The molecule has 2 amide bonds. The number of amides is 2. The molecule has 27 heavy (non-hydrogen) atoms. The van der Waals surface area contributed by atoms with Gasteiger partial charge in [0.05, 0.1) is 13.7 Å². The maximum atomic E-state index is 12.0. The van der Waals surface area contributed by atoms with Crippen LogP contribution in [-0.2, 0) is 13.0 Å². The van der Waals surface area contributed by atoms with Gasteiger partial charge in [0.1, 0.15) is 17.2 Å². The van der Waals surface area contributed by atoms with Crippen molar-refractivity contribution in [1.29, 1.82) is 0 Å². The summed E-state index contributed by atoms with van der Waals surface area (Å²) in [7, 11) is 1.62. The van der Waals surface area contributed by atoms with E-state index in [9.17, 15) is 4.79 Å². The van der Waals surface area contributed by atoms with Crippen LogP contribution >= 0.6 is 0 Å². The Morgan fingerprint density at radius 3 is 2.52 bits per heavy atom. The van der Waals surface area contributed by atoms with Crippen LogP contribution in [0, 0.1) is 6.92 Å². The molecule has 0 atom stereocenters. The zero-order chi connectivity index (χ0) is 19.1. The molecule has 3 aromatic rings. The first-order valence-corrected chi connectivity index (χ1v) is 8.82. The predicted molar refractivity (Wildman–Crippen MR) is 104 cm³/mol. The summed E-state index contributed by atoms with van der Waals surface area (Å²) in [5, 5.41) is 5.67. The molecule has 1 heterocycles. The largest absolute Gasteiger partial charge is 0.497 e. The number of methoxy groups -OCH3 is 1. The predicted octanol–water partition coefficient (Wildman–Crippen LogP) is 3.70. The van der Waals surface area contributed by atoms with Gasteiger partial charge in [0.25, 0.3) is 0 Å². The van der Waals surface area contributed by atoms with E-state index >= 15 is 0 Å². The van der Waals surface area contributed by atoms with Crippen LogP contribution in [0.3, 0.4) is 0 Å². The molecule has 3 rings (SSSR count). The van der Waals surface area contributed by atoms with Gasteiger partial charge in [0.15, 0.2) is 0 Å². The zero-order valence-electron chi connectivity index (χ0n) is 15.5. The highest BCUT2D eigenvalue weighted by Crippen LogP contribution is 2.23. The number of hydrogen-bond acceptors (Lipinski definition) is 4. The summed E-state index contributed by atoms with van der Waals surface area (Å²) in [4.78, 5) is 16.5. The Bertz CT molecular complexity index is 873. The second kappa shape index (κ2) is 8.89. The van der Waals surface area contributed by atoms with Crippen LogP contribution in [0.1, 0.15) is 17.0 Å². The number of carbonyl (C=O) groups is 1. The van der Waals surface area contributed by atoms with E-state index in [0.717, 1.165) is 17.7 Å². The number of nitrogens with one attached hydrogen (secondary N) is 2. The van der Waals surface area contributed by atoms with Crippen molar-refractivity contribution in [3.8, 4) is 17.2 Å². The van der Waals surface area contributed by atoms with Crippen LogP contribution in [0.15, 0.2) is 59.0 Å². The Morgan fingerprint density at radius 1 is 1.07 bits per heavy atom. The molecule has 0 fully saturated rings. The Kier molecular flexibility index (Phi) is 6.10. The molecular formula is C21H23N3O3. The van der Waals surface area contributed by atoms with Gasteiger partial charge in [-0.25, -0.2) is 9.78 Å². The van der Waals surface area contributed by atoms with E-state index in [-0.39, 0.29) is 6.03 Å². The van der Waals surface area contributed by atoms with E-state index in [0.29, 0.717) is 30.4 Å². The van der Waals surface area contributed by atoms with Crippen molar-refractivity contribution in [1.82, 2.24) is 15.6 Å². The lowest BCUT2D eigenvalue weighted by molar-refractivity contribution is 0.240. The van der Waals surface area contributed by atoms with Crippen LogP contribution in [0.5, 0.6) is 5.75 Å². The molecule has 6 heteroatoms. The maximum Gasteiger partial charge on any atom is 0.315 e. The number of urea groups is 1. The van der Waals surface area contributed by atoms with Gasteiger partial charge in [0, 0.05) is 12.1 Å². The van der Waals surface area contributed by atoms with E-state index in [2.05, 4.69) is 15.6 Å². The summed E-state index contributed by atoms with van der Waals surface area (Å²) in [6, 6.07) is 17.3. The van der Waals surface area contributed by atoms with Crippen molar-refractivity contribution in [2.45, 2.75) is 19.9 Å². The van der Waals surface area contributed by atoms with E-state index in [4.69, 9.17) is 9.15 Å². The minimum absolute atomic E-state index is 0.223. The second-order valence-electron chi connectivity index (χ2n) is 6.10. The van der Waals surface area contributed by atoms with Gasteiger partial charge in [-0.1, -0.05) is 30.3 Å². The monoisotopic (exact) mass is 365 g/mol. The average molecular weight is 365 g/mol. The number of aryl methyl sites for hydroxylation is 1. The summed E-state index contributed by atoms with van der Waals surface area (Å²) in [5.74, 6) is 1.98. The van der Waals surface area contributed by atoms with Crippen molar-refractivity contribution in [3.05, 3.63) is 71.6 Å². The number of hydrogen-bond donors (Lipinski definition) is 2. The third-order valence-electron chi connectivity index (χ3n) is 4.19. The number of ether oxygens (including phenoxy) is 1. The first kappa shape index (κ1) is 18.5. The Morgan fingerprint density at radius 2 is 1.81 bits per heavy atom. The summed E-state index contributed by atoms with van der Waals surface area (Å²) in [6.07, 6.45) is 0.791. The van der Waals surface area contributed by atoms with Gasteiger partial charge in [-0.2, -0.15) is 0 Å². The molecule has 140 valence electrons. The molecule has 0 bridgehead atoms. The van der Waals surface area contributed by atoms with Crippen LogP contribution in [0.4, 0.5) is 4.79 Å². The van der Waals surface area contributed by atoms with Gasteiger partial charge < -0.3 is 19.8 Å². The highest BCUT2D eigenvalue weighted by molar-refractivity contribution is 5.73. The first-order valence-electron chi connectivity index (χ1n) is 8.82. The highest BCUT2D eigenvalue weighted by Gasteiger charge is 2.12. The normalized spacial score (nSPS) is 10.4. The zero-order valence-corrected chi connectivity index (χ0v) is 15.5. The molecule has 0 spiro atoms. The summed E-state index contributed by atoms with van der Waals surface area (Å²) in [5.41, 5.74) is 2.76. The van der Waals surface area contributed by atoms with E-state index in [1.165, 1.54) is 5.56 Å². The fraction of sp³-hybridized carbons (Fsp3) is 0.238. The second-order valence-corrected chi connectivity index (χ2v) is 6.10.